The van der Waals surface area contributed by atoms with Gasteiger partial charge in [-0.25, -0.2) is 0 Å². The van der Waals surface area contributed by atoms with Gasteiger partial charge in [0.15, 0.2) is 0 Å². The fraction of sp³-hybridized carbons (Fsp3) is 1.00. The molecule has 0 aromatic rings. The van der Waals surface area contributed by atoms with Gasteiger partial charge in [0, 0.05) is 13.0 Å². The minimum absolute atomic E-state index is 0.00989. The number of ether oxygens (including phenoxy) is 4. The molecular weight excluding hydrogens is 523 g/mol. The van der Waals surface area contributed by atoms with Gasteiger partial charge in [0.25, 0.3) is 0 Å². The summed E-state index contributed by atoms with van der Waals surface area (Å²) in [6.07, 6.45) is -2.62. The number of hydrogen-bond acceptors (Lipinski definition) is 8. The Morgan fingerprint density at radius 3 is 1.86 bits per heavy atom. The molecule has 2 aliphatic heterocycles. The average Bonchev–Trinajstić information content (AvgIpc) is 3.15. The van der Waals surface area contributed by atoms with Crippen LogP contribution in [0.1, 0.15) is 73.6 Å². The number of aliphatic hydroxyl groups is 4. The van der Waals surface area contributed by atoms with Gasteiger partial charge in [-0.3, -0.25) is 0 Å². The van der Waals surface area contributed by atoms with E-state index in [4.69, 9.17) is 53.8 Å². The lowest BCUT2D eigenvalue weighted by Gasteiger charge is -2.69. The molecule has 0 spiro atoms. The molecule has 2 aliphatic rings. The van der Waals surface area contributed by atoms with Crippen molar-refractivity contribution in [2.24, 2.45) is 0 Å². The van der Waals surface area contributed by atoms with Gasteiger partial charge in [-0.2, -0.15) is 0 Å². The van der Waals surface area contributed by atoms with Crippen molar-refractivity contribution in [3.63, 3.8) is 0 Å². The van der Waals surface area contributed by atoms with Crippen LogP contribution in [0, 0.1) is 0 Å². The van der Waals surface area contributed by atoms with E-state index >= 15 is 0 Å². The molecule has 0 aromatic heterocycles. The van der Waals surface area contributed by atoms with Gasteiger partial charge in [-0.1, -0.05) is 34.6 Å². The molecular formula is C24H43Cl3O8. The predicted molar refractivity (Wildman–Crippen MR) is 135 cm³/mol. The molecule has 2 fully saturated rings. The van der Waals surface area contributed by atoms with Crippen LogP contribution >= 0.6 is 34.8 Å². The predicted octanol–water partition coefficient (Wildman–Crippen LogP) is 3.29. The second-order valence-electron chi connectivity index (χ2n) is 9.52. The van der Waals surface area contributed by atoms with Crippen LogP contribution in [0.3, 0.4) is 0 Å². The molecule has 2 heterocycles. The third kappa shape index (κ3) is 4.18. The molecule has 2 saturated heterocycles. The van der Waals surface area contributed by atoms with Crippen LogP contribution in [0.5, 0.6) is 0 Å². The number of alkyl halides is 3. The highest BCUT2D eigenvalue weighted by Gasteiger charge is 2.80. The molecule has 0 aromatic carbocycles. The van der Waals surface area contributed by atoms with E-state index in [-0.39, 0.29) is 50.5 Å². The van der Waals surface area contributed by atoms with Crippen molar-refractivity contribution in [2.75, 3.05) is 25.0 Å². The van der Waals surface area contributed by atoms with Gasteiger partial charge in [0.2, 0.25) is 11.6 Å². The maximum Gasteiger partial charge on any atom is 0.214 e. The highest BCUT2D eigenvalue weighted by Crippen LogP contribution is 2.63. The average molecular weight is 566 g/mol. The first kappa shape index (κ1) is 31.8. The summed E-state index contributed by atoms with van der Waals surface area (Å²) in [7, 11) is 0. The second kappa shape index (κ2) is 11.3. The Morgan fingerprint density at radius 2 is 1.49 bits per heavy atom. The SMILES string of the molecule is CCO[C@H]1[C@H](O)[C@@H](CCl)O[C@@]1(CCl)O[C@@]1(CC)O[C@](CC)(CO)[C@@](Cl)(CC)[C@@](O)(CC)[C@]1(O)CC. The summed E-state index contributed by atoms with van der Waals surface area (Å²) < 4.78 is 25.1. The summed E-state index contributed by atoms with van der Waals surface area (Å²) in [5.41, 5.74) is -5.53. The summed E-state index contributed by atoms with van der Waals surface area (Å²) in [6.45, 7) is 10.1. The Labute approximate surface area is 224 Å². The Balaban J connectivity index is 2.84. The first-order chi connectivity index (χ1) is 16.4. The zero-order chi connectivity index (χ0) is 26.9. The van der Waals surface area contributed by atoms with Crippen LogP contribution in [0.2, 0.25) is 0 Å². The van der Waals surface area contributed by atoms with E-state index in [1.165, 1.54) is 0 Å². The number of hydrogen-bond donors (Lipinski definition) is 4. The molecule has 4 N–H and O–H groups in total. The van der Waals surface area contributed by atoms with Crippen LogP contribution in [0.25, 0.3) is 0 Å². The maximum atomic E-state index is 12.4. The molecule has 2 rings (SSSR count). The lowest BCUT2D eigenvalue weighted by molar-refractivity contribution is -0.480. The molecule has 0 amide bonds. The van der Waals surface area contributed by atoms with Gasteiger partial charge >= 0.3 is 0 Å². The van der Waals surface area contributed by atoms with Crippen molar-refractivity contribution in [3.05, 3.63) is 0 Å². The van der Waals surface area contributed by atoms with E-state index in [9.17, 15) is 20.4 Å². The molecule has 208 valence electrons. The Bertz CT molecular complexity index is 714. The molecule has 0 aliphatic carbocycles. The molecule has 0 saturated carbocycles. The number of aliphatic hydroxyl groups excluding tert-OH is 2. The minimum Gasteiger partial charge on any atom is -0.393 e. The third-order valence-electron chi connectivity index (χ3n) is 8.35. The molecule has 8 nitrogen and oxygen atoms in total. The van der Waals surface area contributed by atoms with Crippen molar-refractivity contribution in [1.29, 1.82) is 0 Å². The van der Waals surface area contributed by atoms with Gasteiger partial charge in [-0.15, -0.1) is 34.8 Å². The van der Waals surface area contributed by atoms with E-state index in [0.29, 0.717) is 0 Å². The quantitative estimate of drug-likeness (QED) is 0.266. The molecule has 0 unspecified atom stereocenters. The number of rotatable bonds is 12. The number of halogens is 3. The smallest absolute Gasteiger partial charge is 0.214 e. The molecule has 11 heteroatoms. The fourth-order valence-corrected chi connectivity index (χ4v) is 7.32. The van der Waals surface area contributed by atoms with Crippen molar-refractivity contribution in [2.45, 2.75) is 125 Å². The van der Waals surface area contributed by atoms with Crippen LogP contribution in [-0.2, 0) is 18.9 Å². The first-order valence-corrected chi connectivity index (χ1v) is 14.1. The van der Waals surface area contributed by atoms with E-state index < -0.39 is 58.2 Å². The standard InChI is InChI=1S/C24H43Cl3O8/c1-7-19(15-28)21(27,8-2)22(30,9-3)23(31,10-4)24(11-5,34-19)35-20(14-26)18(32-12-6)17(29)16(13-25)33-20/h16-18,28-31H,7-15H2,1-6H3/t16-,17-,18+,19-,20+,21+,22+,23-,24-/m1/s1. The van der Waals surface area contributed by atoms with E-state index in [2.05, 4.69) is 0 Å². The van der Waals surface area contributed by atoms with Gasteiger partial charge in [0.05, 0.1) is 18.4 Å². The monoisotopic (exact) mass is 564 g/mol. The largest absolute Gasteiger partial charge is 0.393 e. The molecule has 0 bridgehead atoms. The Kier molecular flexibility index (Phi) is 10.3. The topological polar surface area (TPSA) is 118 Å². The zero-order valence-corrected chi connectivity index (χ0v) is 23.9. The zero-order valence-electron chi connectivity index (χ0n) is 21.7. The van der Waals surface area contributed by atoms with Gasteiger partial charge in [-0.05, 0) is 32.6 Å². The van der Waals surface area contributed by atoms with Crippen molar-refractivity contribution in [3.8, 4) is 0 Å². The fourth-order valence-electron chi connectivity index (χ4n) is 6.29. The van der Waals surface area contributed by atoms with Crippen LogP contribution in [0.15, 0.2) is 0 Å². The summed E-state index contributed by atoms with van der Waals surface area (Å²) in [5, 5.41) is 46.2. The summed E-state index contributed by atoms with van der Waals surface area (Å²) >= 11 is 19.7. The van der Waals surface area contributed by atoms with Gasteiger partial charge in [0.1, 0.15) is 40.0 Å². The molecule has 35 heavy (non-hydrogen) atoms. The van der Waals surface area contributed by atoms with Gasteiger partial charge < -0.3 is 39.4 Å². The van der Waals surface area contributed by atoms with E-state index in [1.807, 2.05) is 0 Å². The van der Waals surface area contributed by atoms with Crippen molar-refractivity contribution >= 4 is 34.8 Å². The summed E-state index contributed by atoms with van der Waals surface area (Å²) in [4.78, 5) is -1.56. The molecule has 9 atom stereocenters. The van der Waals surface area contributed by atoms with Crippen molar-refractivity contribution < 1.29 is 39.4 Å². The van der Waals surface area contributed by atoms with E-state index in [0.717, 1.165) is 0 Å². The van der Waals surface area contributed by atoms with Crippen LogP contribution in [0.4, 0.5) is 0 Å². The Morgan fingerprint density at radius 1 is 0.886 bits per heavy atom. The minimum atomic E-state index is -2.07. The lowest BCUT2D eigenvalue weighted by atomic mass is 9.56. The lowest BCUT2D eigenvalue weighted by Crippen LogP contribution is -2.87. The highest BCUT2D eigenvalue weighted by molar-refractivity contribution is 6.26. The molecule has 0 radical (unpaired) electrons. The van der Waals surface area contributed by atoms with E-state index in [1.54, 1.807) is 41.5 Å². The van der Waals surface area contributed by atoms with Crippen LogP contribution in [-0.4, -0.2) is 97.0 Å². The summed E-state index contributed by atoms with van der Waals surface area (Å²) in [6, 6.07) is 0. The maximum absolute atomic E-state index is 12.4. The highest BCUT2D eigenvalue weighted by atomic mass is 35.5. The Hall–Kier alpha value is 0.550. The normalized spacial score (nSPS) is 48.4. The van der Waals surface area contributed by atoms with Crippen LogP contribution < -0.4 is 0 Å². The summed E-state index contributed by atoms with van der Waals surface area (Å²) in [5.74, 6) is -4.09. The third-order valence-corrected chi connectivity index (χ3v) is 9.95. The first-order valence-electron chi connectivity index (χ1n) is 12.6. The van der Waals surface area contributed by atoms with Crippen molar-refractivity contribution in [1.82, 2.24) is 0 Å². The second-order valence-corrected chi connectivity index (χ2v) is 10.7.